The van der Waals surface area contributed by atoms with Gasteiger partial charge in [0.05, 0.1) is 0 Å². The monoisotopic (exact) mass is 186 g/mol. The van der Waals surface area contributed by atoms with Gasteiger partial charge in [-0.25, -0.2) is 5.21 Å². The Hall–Kier alpha value is -1.17. The van der Waals surface area contributed by atoms with Crippen molar-refractivity contribution in [2.24, 2.45) is 0 Å². The first-order valence-electron chi connectivity index (χ1n) is 3.67. The molecule has 1 aromatic rings. The third-order valence-corrected chi connectivity index (χ3v) is 1.60. The van der Waals surface area contributed by atoms with Gasteiger partial charge in [0.25, 0.3) is 5.91 Å². The molecule has 1 rings (SSSR count). The molecule has 0 aliphatic rings. The SMILES string of the molecule is CCCNC(=O)c1n[nH][nH]c1=S. The van der Waals surface area contributed by atoms with E-state index in [4.69, 9.17) is 12.2 Å². The van der Waals surface area contributed by atoms with E-state index in [1.807, 2.05) is 6.92 Å². The van der Waals surface area contributed by atoms with E-state index in [9.17, 15) is 4.79 Å². The number of H-pyrrole nitrogens is 2. The summed E-state index contributed by atoms with van der Waals surface area (Å²) in [5, 5.41) is 11.3. The van der Waals surface area contributed by atoms with Crippen molar-refractivity contribution in [1.29, 1.82) is 0 Å². The van der Waals surface area contributed by atoms with Gasteiger partial charge in [-0.1, -0.05) is 19.1 Å². The topological polar surface area (TPSA) is 73.6 Å². The highest BCUT2D eigenvalue weighted by atomic mass is 32.1. The van der Waals surface area contributed by atoms with E-state index in [0.29, 0.717) is 11.2 Å². The highest BCUT2D eigenvalue weighted by molar-refractivity contribution is 7.71. The van der Waals surface area contributed by atoms with Crippen LogP contribution in [-0.4, -0.2) is 27.9 Å². The number of aromatic nitrogens is 3. The van der Waals surface area contributed by atoms with Gasteiger partial charge in [0.1, 0.15) is 0 Å². The van der Waals surface area contributed by atoms with Gasteiger partial charge in [0, 0.05) is 6.54 Å². The van der Waals surface area contributed by atoms with Crippen molar-refractivity contribution in [3.63, 3.8) is 0 Å². The molecule has 1 heterocycles. The number of carbonyl (C=O) groups is 1. The van der Waals surface area contributed by atoms with Crippen LogP contribution in [0.1, 0.15) is 23.8 Å². The predicted molar refractivity (Wildman–Crippen MR) is 46.4 cm³/mol. The van der Waals surface area contributed by atoms with Crippen molar-refractivity contribution >= 4 is 18.1 Å². The van der Waals surface area contributed by atoms with E-state index in [0.717, 1.165) is 6.42 Å². The molecule has 66 valence electrons. The van der Waals surface area contributed by atoms with Crippen molar-refractivity contribution in [2.45, 2.75) is 13.3 Å². The Balaban J connectivity index is 2.66. The molecule has 0 fully saturated rings. The van der Waals surface area contributed by atoms with Gasteiger partial charge in [-0.2, -0.15) is 5.10 Å². The summed E-state index contributed by atoms with van der Waals surface area (Å²) < 4.78 is 0.337. The summed E-state index contributed by atoms with van der Waals surface area (Å²) in [7, 11) is 0. The van der Waals surface area contributed by atoms with Crippen molar-refractivity contribution in [3.05, 3.63) is 10.3 Å². The lowest BCUT2D eigenvalue weighted by Crippen LogP contribution is -2.24. The molecule has 0 aliphatic carbocycles. The fraction of sp³-hybridized carbons (Fsp3) is 0.500. The van der Waals surface area contributed by atoms with Gasteiger partial charge in [-0.15, -0.1) is 0 Å². The molecule has 0 bridgehead atoms. The first-order chi connectivity index (χ1) is 5.75. The van der Waals surface area contributed by atoms with Gasteiger partial charge in [0.15, 0.2) is 10.3 Å². The lowest BCUT2D eigenvalue weighted by atomic mass is 10.4. The second kappa shape index (κ2) is 4.01. The minimum Gasteiger partial charge on any atom is -0.351 e. The molecule has 0 aliphatic heterocycles. The molecular weight excluding hydrogens is 176 g/mol. The van der Waals surface area contributed by atoms with Gasteiger partial charge >= 0.3 is 0 Å². The average molecular weight is 186 g/mol. The number of nitrogens with zero attached hydrogens (tertiary/aromatic N) is 1. The molecule has 6 heteroatoms. The molecule has 0 unspecified atom stereocenters. The Bertz CT molecular complexity index is 315. The maximum atomic E-state index is 11.2. The third-order valence-electron chi connectivity index (χ3n) is 1.30. The Labute approximate surface area is 74.5 Å². The van der Waals surface area contributed by atoms with Crippen LogP contribution >= 0.6 is 12.2 Å². The van der Waals surface area contributed by atoms with Gasteiger partial charge in [-0.05, 0) is 6.42 Å². The summed E-state index contributed by atoms with van der Waals surface area (Å²) >= 11 is 4.80. The zero-order valence-electron chi connectivity index (χ0n) is 6.68. The molecule has 5 nitrogen and oxygen atoms in total. The summed E-state index contributed by atoms with van der Waals surface area (Å²) in [5.41, 5.74) is 0.249. The second-order valence-corrected chi connectivity index (χ2v) is 2.69. The van der Waals surface area contributed by atoms with Crippen LogP contribution in [0.3, 0.4) is 0 Å². The van der Waals surface area contributed by atoms with Crippen molar-refractivity contribution < 1.29 is 4.79 Å². The van der Waals surface area contributed by atoms with Crippen molar-refractivity contribution in [3.8, 4) is 0 Å². The van der Waals surface area contributed by atoms with E-state index in [2.05, 4.69) is 20.7 Å². The van der Waals surface area contributed by atoms with Crippen LogP contribution in [0.5, 0.6) is 0 Å². The molecule has 1 amide bonds. The molecular formula is C6H10N4OS. The molecule has 0 aromatic carbocycles. The molecule has 0 spiro atoms. The van der Waals surface area contributed by atoms with E-state index < -0.39 is 0 Å². The normalized spacial score (nSPS) is 9.75. The largest absolute Gasteiger partial charge is 0.351 e. The van der Waals surface area contributed by atoms with Crippen LogP contribution in [0.2, 0.25) is 0 Å². The van der Waals surface area contributed by atoms with Gasteiger partial charge < -0.3 is 5.32 Å². The van der Waals surface area contributed by atoms with Crippen molar-refractivity contribution in [2.75, 3.05) is 6.54 Å². The summed E-state index contributed by atoms with van der Waals surface area (Å²) in [6, 6.07) is 0. The summed E-state index contributed by atoms with van der Waals surface area (Å²) in [4.78, 5) is 11.2. The third kappa shape index (κ3) is 1.91. The standard InChI is InChI=1S/C6H10N4OS/c1-2-3-7-5(11)4-6(12)9-10-8-4/h2-3H2,1H3,(H,7,11)(H2,8,9,10,12). The average Bonchev–Trinajstić information content (AvgIpc) is 2.47. The number of hydrogen-bond acceptors (Lipinski definition) is 3. The summed E-state index contributed by atoms with van der Waals surface area (Å²) in [5.74, 6) is -0.237. The van der Waals surface area contributed by atoms with Gasteiger partial charge in [0.2, 0.25) is 0 Å². The molecule has 1 aromatic heterocycles. The molecule has 0 saturated heterocycles. The quantitative estimate of drug-likeness (QED) is 0.605. The number of nitrogens with one attached hydrogen (secondary N) is 3. The number of amides is 1. The highest BCUT2D eigenvalue weighted by Gasteiger charge is 2.08. The van der Waals surface area contributed by atoms with Crippen LogP contribution in [0.25, 0.3) is 0 Å². The first kappa shape index (κ1) is 8.92. The lowest BCUT2D eigenvalue weighted by Gasteiger charge is -1.97. The maximum absolute atomic E-state index is 11.2. The minimum absolute atomic E-state index is 0.237. The Morgan fingerprint density at radius 1 is 1.75 bits per heavy atom. The Morgan fingerprint density at radius 2 is 2.50 bits per heavy atom. The fourth-order valence-electron chi connectivity index (χ4n) is 0.721. The molecule has 12 heavy (non-hydrogen) atoms. The number of rotatable bonds is 3. The first-order valence-corrected chi connectivity index (χ1v) is 4.07. The van der Waals surface area contributed by atoms with E-state index in [1.54, 1.807) is 0 Å². The van der Waals surface area contributed by atoms with Crippen LogP contribution in [0.15, 0.2) is 0 Å². The van der Waals surface area contributed by atoms with Crippen LogP contribution < -0.4 is 5.32 Å². The maximum Gasteiger partial charge on any atom is 0.274 e. The molecule has 0 saturated carbocycles. The Kier molecular flexibility index (Phi) is 2.98. The van der Waals surface area contributed by atoms with Crippen LogP contribution in [0, 0.1) is 4.64 Å². The number of carbonyl (C=O) groups excluding carboxylic acids is 1. The lowest BCUT2D eigenvalue weighted by molar-refractivity contribution is 0.0948. The molecule has 0 atom stereocenters. The second-order valence-electron chi connectivity index (χ2n) is 2.28. The zero-order chi connectivity index (χ0) is 8.97. The van der Waals surface area contributed by atoms with Gasteiger partial charge in [-0.3, -0.25) is 9.89 Å². The predicted octanol–water partition coefficient (Wildman–Crippen LogP) is 0.607. The van der Waals surface area contributed by atoms with E-state index in [-0.39, 0.29) is 11.6 Å². The van der Waals surface area contributed by atoms with E-state index in [1.165, 1.54) is 0 Å². The van der Waals surface area contributed by atoms with Crippen molar-refractivity contribution in [1.82, 2.24) is 20.7 Å². The van der Waals surface area contributed by atoms with Crippen LogP contribution in [0.4, 0.5) is 0 Å². The highest BCUT2D eigenvalue weighted by Crippen LogP contribution is 1.92. The number of aromatic amines is 2. The minimum atomic E-state index is -0.237. The molecule has 3 N–H and O–H groups in total. The van der Waals surface area contributed by atoms with E-state index >= 15 is 0 Å². The zero-order valence-corrected chi connectivity index (χ0v) is 7.49. The summed E-state index contributed by atoms with van der Waals surface area (Å²) in [6.07, 6.45) is 0.895. The smallest absolute Gasteiger partial charge is 0.274 e. The molecule has 0 radical (unpaired) electrons. The fourth-order valence-corrected chi connectivity index (χ4v) is 0.905. The number of hydrogen-bond donors (Lipinski definition) is 3. The Morgan fingerprint density at radius 3 is 3.00 bits per heavy atom. The van der Waals surface area contributed by atoms with Crippen LogP contribution in [-0.2, 0) is 0 Å². The summed E-state index contributed by atoms with van der Waals surface area (Å²) in [6.45, 7) is 2.62.